The van der Waals surface area contributed by atoms with E-state index in [0.717, 1.165) is 19.4 Å². The third kappa shape index (κ3) is 5.12. The van der Waals surface area contributed by atoms with E-state index in [4.69, 9.17) is 10.5 Å². The quantitative estimate of drug-likeness (QED) is 0.466. The van der Waals surface area contributed by atoms with Gasteiger partial charge in [-0.25, -0.2) is 4.98 Å². The first-order chi connectivity index (χ1) is 13.5. The van der Waals surface area contributed by atoms with Crippen molar-refractivity contribution in [3.8, 4) is 5.75 Å². The highest BCUT2D eigenvalue weighted by atomic mass is 16.5. The Hall–Kier alpha value is -3.29. The molecule has 0 saturated heterocycles. The topological polar surface area (TPSA) is 114 Å². The number of hydrogen-bond acceptors (Lipinski definition) is 7. The second-order valence-electron chi connectivity index (χ2n) is 6.81. The number of carbonyl (C=O) groups is 1. The largest absolute Gasteiger partial charge is 0.487 e. The fourth-order valence-corrected chi connectivity index (χ4v) is 2.69. The van der Waals surface area contributed by atoms with E-state index in [1.807, 2.05) is 26.0 Å². The molecule has 5 N–H and O–H groups in total. The predicted molar refractivity (Wildman–Crippen MR) is 111 cm³/mol. The summed E-state index contributed by atoms with van der Waals surface area (Å²) in [6.45, 7) is 4.97. The van der Waals surface area contributed by atoms with Crippen LogP contribution in [0.15, 0.2) is 36.5 Å². The third-order valence-electron chi connectivity index (χ3n) is 4.06. The van der Waals surface area contributed by atoms with Crippen LogP contribution in [0.4, 0.5) is 23.1 Å². The highest BCUT2D eigenvalue weighted by molar-refractivity contribution is 5.99. The van der Waals surface area contributed by atoms with Gasteiger partial charge in [0.15, 0.2) is 0 Å². The van der Waals surface area contributed by atoms with Crippen LogP contribution in [0, 0.1) is 0 Å². The number of benzene rings is 1. The van der Waals surface area contributed by atoms with E-state index in [-0.39, 0.29) is 11.9 Å². The van der Waals surface area contributed by atoms with Gasteiger partial charge in [0, 0.05) is 30.5 Å². The molecule has 2 heterocycles. The predicted octanol–water partition coefficient (Wildman–Crippen LogP) is 3.08. The minimum atomic E-state index is -0.238. The Kier molecular flexibility index (Phi) is 6.31. The highest BCUT2D eigenvalue weighted by Gasteiger charge is 2.16. The molecule has 1 amide bonds. The molecule has 0 unspecified atom stereocenters. The number of aromatic nitrogens is 2. The van der Waals surface area contributed by atoms with Gasteiger partial charge in [-0.2, -0.15) is 4.98 Å². The third-order valence-corrected chi connectivity index (χ3v) is 4.06. The minimum absolute atomic E-state index is 0.00351. The van der Waals surface area contributed by atoms with Crippen molar-refractivity contribution < 1.29 is 9.53 Å². The van der Waals surface area contributed by atoms with E-state index in [0.29, 0.717) is 41.1 Å². The second kappa shape index (κ2) is 9.07. The lowest BCUT2D eigenvalue weighted by Crippen LogP contribution is -2.31. The van der Waals surface area contributed by atoms with Crippen LogP contribution in [0.3, 0.4) is 0 Å². The number of nitrogens with two attached hydrogens (primary N) is 1. The summed E-state index contributed by atoms with van der Waals surface area (Å²) >= 11 is 0. The van der Waals surface area contributed by atoms with Crippen LogP contribution in [-0.4, -0.2) is 35.1 Å². The Morgan fingerprint density at radius 1 is 1.32 bits per heavy atom. The molecular formula is C20H26N6O2. The Bertz CT molecular complexity index is 866. The fraction of sp³-hybridized carbons (Fsp3) is 0.350. The number of rotatable bonds is 2. The molecule has 0 saturated carbocycles. The zero-order valence-electron chi connectivity index (χ0n) is 16.2. The highest BCUT2D eigenvalue weighted by Crippen LogP contribution is 2.28. The Morgan fingerprint density at radius 2 is 2.18 bits per heavy atom. The maximum Gasteiger partial charge on any atom is 0.256 e. The summed E-state index contributed by atoms with van der Waals surface area (Å²) in [6.07, 6.45) is 7.41. The SMILES string of the molecule is CC(C)NC(=O)c1cnc2nc1Nc1ccc(N)c(c1)OC/C=C\CCCN2. The summed E-state index contributed by atoms with van der Waals surface area (Å²) in [6, 6.07) is 5.37. The molecule has 4 bridgehead atoms. The molecule has 1 aliphatic heterocycles. The van der Waals surface area contributed by atoms with Crippen LogP contribution in [0.25, 0.3) is 0 Å². The molecule has 0 fully saturated rings. The van der Waals surface area contributed by atoms with Gasteiger partial charge < -0.3 is 26.4 Å². The fourth-order valence-electron chi connectivity index (χ4n) is 2.69. The molecule has 8 heteroatoms. The van der Waals surface area contributed by atoms with Gasteiger partial charge in [0.1, 0.15) is 23.7 Å². The Balaban J connectivity index is 1.97. The van der Waals surface area contributed by atoms with Crippen LogP contribution in [0.2, 0.25) is 0 Å². The molecule has 1 aromatic carbocycles. The molecule has 0 radical (unpaired) electrons. The van der Waals surface area contributed by atoms with Crippen molar-refractivity contribution in [3.05, 3.63) is 42.1 Å². The van der Waals surface area contributed by atoms with E-state index in [1.54, 1.807) is 12.1 Å². The standard InChI is InChI=1S/C20H26N6O2/c1-13(2)24-19(27)15-12-23-20-22-9-5-3-4-6-10-28-17-11-14(7-8-16(17)21)25-18(15)26-20/h4,6-8,11-13H,3,5,9-10,21H2,1-2H3,(H,24,27)(H2,22,23,25,26)/b6-4-. The normalized spacial score (nSPS) is 15.2. The number of fused-ring (bicyclic) bond motifs is 4. The van der Waals surface area contributed by atoms with Crippen LogP contribution in [0.5, 0.6) is 5.75 Å². The van der Waals surface area contributed by atoms with Crippen molar-refractivity contribution in [1.82, 2.24) is 15.3 Å². The van der Waals surface area contributed by atoms with Gasteiger partial charge in [-0.15, -0.1) is 0 Å². The van der Waals surface area contributed by atoms with Crippen molar-refractivity contribution in [2.75, 3.05) is 29.5 Å². The van der Waals surface area contributed by atoms with Crippen LogP contribution in [0.1, 0.15) is 37.0 Å². The number of allylic oxidation sites excluding steroid dienone is 1. The first-order valence-corrected chi connectivity index (χ1v) is 9.39. The zero-order valence-corrected chi connectivity index (χ0v) is 16.2. The molecule has 28 heavy (non-hydrogen) atoms. The van der Waals surface area contributed by atoms with Gasteiger partial charge in [0.05, 0.1) is 5.69 Å². The van der Waals surface area contributed by atoms with E-state index in [1.165, 1.54) is 6.20 Å². The van der Waals surface area contributed by atoms with E-state index < -0.39 is 0 Å². The summed E-state index contributed by atoms with van der Waals surface area (Å²) < 4.78 is 5.76. The number of nitrogens with zero attached hydrogens (tertiary/aromatic N) is 2. The maximum atomic E-state index is 12.6. The molecule has 0 atom stereocenters. The average molecular weight is 382 g/mol. The number of anilines is 4. The molecule has 2 aromatic rings. The summed E-state index contributed by atoms with van der Waals surface area (Å²) in [5.74, 6) is 1.22. The summed E-state index contributed by atoms with van der Waals surface area (Å²) in [5.41, 5.74) is 7.64. The first-order valence-electron chi connectivity index (χ1n) is 9.39. The lowest BCUT2D eigenvalue weighted by atomic mass is 10.2. The average Bonchev–Trinajstić information content (AvgIpc) is 2.65. The van der Waals surface area contributed by atoms with Crippen molar-refractivity contribution in [2.24, 2.45) is 0 Å². The molecule has 1 aliphatic rings. The number of nitrogens with one attached hydrogen (secondary N) is 3. The first kappa shape index (κ1) is 19.5. The monoisotopic (exact) mass is 382 g/mol. The van der Waals surface area contributed by atoms with Gasteiger partial charge in [-0.1, -0.05) is 12.2 Å². The van der Waals surface area contributed by atoms with Gasteiger partial charge in [0.25, 0.3) is 5.91 Å². The van der Waals surface area contributed by atoms with Gasteiger partial charge in [-0.05, 0) is 38.8 Å². The van der Waals surface area contributed by atoms with Gasteiger partial charge >= 0.3 is 0 Å². The number of amides is 1. The maximum absolute atomic E-state index is 12.6. The zero-order chi connectivity index (χ0) is 19.9. The van der Waals surface area contributed by atoms with Crippen molar-refractivity contribution >= 4 is 29.0 Å². The minimum Gasteiger partial charge on any atom is -0.487 e. The Morgan fingerprint density at radius 3 is 3.00 bits per heavy atom. The van der Waals surface area contributed by atoms with Crippen molar-refractivity contribution in [1.29, 1.82) is 0 Å². The number of ether oxygens (including phenoxy) is 1. The van der Waals surface area contributed by atoms with Gasteiger partial charge in [0.2, 0.25) is 5.95 Å². The number of hydrogen-bond donors (Lipinski definition) is 4. The number of nitrogen functional groups attached to an aromatic ring is 1. The molecular weight excluding hydrogens is 356 g/mol. The molecule has 3 rings (SSSR count). The van der Waals surface area contributed by atoms with Crippen LogP contribution < -0.4 is 26.4 Å². The molecule has 1 aromatic heterocycles. The van der Waals surface area contributed by atoms with E-state index in [9.17, 15) is 4.79 Å². The van der Waals surface area contributed by atoms with Crippen LogP contribution in [-0.2, 0) is 0 Å². The van der Waals surface area contributed by atoms with Crippen molar-refractivity contribution in [2.45, 2.75) is 32.7 Å². The van der Waals surface area contributed by atoms with Gasteiger partial charge in [-0.3, -0.25) is 4.79 Å². The summed E-state index contributed by atoms with van der Waals surface area (Å²) in [5, 5.41) is 9.27. The van der Waals surface area contributed by atoms with E-state index in [2.05, 4.69) is 32.0 Å². The molecule has 0 spiro atoms. The lowest BCUT2D eigenvalue weighted by molar-refractivity contribution is 0.0943. The molecule has 148 valence electrons. The van der Waals surface area contributed by atoms with Crippen LogP contribution >= 0.6 is 0 Å². The molecule has 8 nitrogen and oxygen atoms in total. The van der Waals surface area contributed by atoms with Crippen molar-refractivity contribution in [3.63, 3.8) is 0 Å². The smallest absolute Gasteiger partial charge is 0.256 e. The lowest BCUT2D eigenvalue weighted by Gasteiger charge is -2.15. The number of carbonyl (C=O) groups excluding carboxylic acids is 1. The summed E-state index contributed by atoms with van der Waals surface area (Å²) in [7, 11) is 0. The second-order valence-corrected chi connectivity index (χ2v) is 6.81. The summed E-state index contributed by atoms with van der Waals surface area (Å²) in [4.78, 5) is 21.4. The van der Waals surface area contributed by atoms with E-state index >= 15 is 0 Å². The Labute approximate surface area is 164 Å². The molecule has 0 aliphatic carbocycles.